The summed E-state index contributed by atoms with van der Waals surface area (Å²) >= 11 is 0. The molecule has 0 unspecified atom stereocenters. The highest BCUT2D eigenvalue weighted by molar-refractivity contribution is 4.82. The summed E-state index contributed by atoms with van der Waals surface area (Å²) in [5.41, 5.74) is 5.85. The molecule has 0 aromatic rings. The van der Waals surface area contributed by atoms with E-state index in [0.717, 1.165) is 32.7 Å². The molecule has 0 fully saturated rings. The van der Waals surface area contributed by atoms with Crippen molar-refractivity contribution in [2.75, 3.05) is 32.8 Å². The van der Waals surface area contributed by atoms with Crippen molar-refractivity contribution in [3.05, 3.63) is 0 Å². The fraction of sp³-hybridized carbons (Fsp3) is 1.00. The van der Waals surface area contributed by atoms with Gasteiger partial charge < -0.3 is 10.5 Å². The first-order chi connectivity index (χ1) is 6.58. The van der Waals surface area contributed by atoms with E-state index < -0.39 is 0 Å². The highest BCUT2D eigenvalue weighted by Gasteiger charge is 2.23. The molecule has 0 atom stereocenters. The molecule has 0 amide bonds. The zero-order valence-corrected chi connectivity index (χ0v) is 10.2. The Balaban J connectivity index is 4.00. The van der Waals surface area contributed by atoms with Gasteiger partial charge in [-0.25, -0.2) is 0 Å². The van der Waals surface area contributed by atoms with Crippen molar-refractivity contribution in [2.24, 2.45) is 5.73 Å². The molecule has 0 rings (SSSR count). The van der Waals surface area contributed by atoms with Crippen LogP contribution in [0.15, 0.2) is 0 Å². The van der Waals surface area contributed by atoms with Gasteiger partial charge in [0.2, 0.25) is 0 Å². The van der Waals surface area contributed by atoms with Gasteiger partial charge in [-0.3, -0.25) is 4.90 Å². The van der Waals surface area contributed by atoms with Crippen molar-refractivity contribution in [1.82, 2.24) is 4.90 Å². The Hall–Kier alpha value is -0.120. The first-order valence-corrected chi connectivity index (χ1v) is 5.61. The zero-order valence-electron chi connectivity index (χ0n) is 10.2. The van der Waals surface area contributed by atoms with Gasteiger partial charge in [-0.15, -0.1) is 0 Å². The van der Waals surface area contributed by atoms with E-state index in [9.17, 15) is 0 Å². The summed E-state index contributed by atoms with van der Waals surface area (Å²) in [5, 5.41) is 0. The van der Waals surface area contributed by atoms with Gasteiger partial charge in [0.1, 0.15) is 0 Å². The summed E-state index contributed by atoms with van der Waals surface area (Å²) in [6.45, 7) is 13.0. The second kappa shape index (κ2) is 7.21. The van der Waals surface area contributed by atoms with Gasteiger partial charge in [-0.2, -0.15) is 0 Å². The highest BCUT2D eigenvalue weighted by atomic mass is 16.5. The molecule has 0 aliphatic carbocycles. The zero-order chi connectivity index (χ0) is 11.0. The van der Waals surface area contributed by atoms with E-state index in [0.29, 0.717) is 6.54 Å². The Kier molecular flexibility index (Phi) is 7.15. The third-order valence-electron chi connectivity index (χ3n) is 2.56. The van der Waals surface area contributed by atoms with Crippen LogP contribution in [-0.4, -0.2) is 43.3 Å². The quantitative estimate of drug-likeness (QED) is 0.606. The second-order valence-electron chi connectivity index (χ2n) is 4.20. The molecule has 14 heavy (non-hydrogen) atoms. The molecule has 0 bridgehead atoms. The predicted molar refractivity (Wildman–Crippen MR) is 61.5 cm³/mol. The smallest absolute Gasteiger partial charge is 0.0593 e. The minimum atomic E-state index is 0.0904. The molecule has 0 spiro atoms. The summed E-state index contributed by atoms with van der Waals surface area (Å²) in [6.07, 6.45) is 1.16. The summed E-state index contributed by atoms with van der Waals surface area (Å²) in [6, 6.07) is 0. The average molecular weight is 202 g/mol. The van der Waals surface area contributed by atoms with Crippen LogP contribution in [0.5, 0.6) is 0 Å². The number of nitrogens with zero attached hydrogens (tertiary/aromatic N) is 1. The van der Waals surface area contributed by atoms with E-state index in [1.54, 1.807) is 0 Å². The van der Waals surface area contributed by atoms with E-state index in [4.69, 9.17) is 10.5 Å². The van der Waals surface area contributed by atoms with E-state index in [2.05, 4.69) is 25.7 Å². The van der Waals surface area contributed by atoms with Crippen LogP contribution in [0.25, 0.3) is 0 Å². The van der Waals surface area contributed by atoms with E-state index >= 15 is 0 Å². The minimum Gasteiger partial charge on any atom is -0.380 e. The van der Waals surface area contributed by atoms with Crippen LogP contribution in [0.3, 0.4) is 0 Å². The van der Waals surface area contributed by atoms with Gasteiger partial charge in [-0.1, -0.05) is 6.92 Å². The van der Waals surface area contributed by atoms with Crippen molar-refractivity contribution >= 4 is 0 Å². The monoisotopic (exact) mass is 202 g/mol. The SMILES string of the molecule is CCCN(CCOCC)C(C)(C)CN. The molecule has 0 radical (unpaired) electrons. The summed E-state index contributed by atoms with van der Waals surface area (Å²) < 4.78 is 5.37. The lowest BCUT2D eigenvalue weighted by atomic mass is 10.0. The van der Waals surface area contributed by atoms with Crippen LogP contribution in [0.2, 0.25) is 0 Å². The molecule has 0 aromatic heterocycles. The predicted octanol–water partition coefficient (Wildman–Crippen LogP) is 1.47. The van der Waals surface area contributed by atoms with Crippen molar-refractivity contribution in [3.8, 4) is 0 Å². The van der Waals surface area contributed by atoms with Crippen LogP contribution < -0.4 is 5.73 Å². The Morgan fingerprint density at radius 1 is 1.21 bits per heavy atom. The van der Waals surface area contributed by atoms with Crippen molar-refractivity contribution in [1.29, 1.82) is 0 Å². The highest BCUT2D eigenvalue weighted by Crippen LogP contribution is 2.12. The molecular formula is C11H26N2O. The maximum atomic E-state index is 5.76. The molecule has 3 nitrogen and oxygen atoms in total. The Morgan fingerprint density at radius 2 is 1.86 bits per heavy atom. The van der Waals surface area contributed by atoms with Crippen molar-refractivity contribution in [3.63, 3.8) is 0 Å². The molecule has 0 aliphatic heterocycles. The largest absolute Gasteiger partial charge is 0.380 e. The molecule has 3 heteroatoms. The lowest BCUT2D eigenvalue weighted by Gasteiger charge is -2.37. The van der Waals surface area contributed by atoms with Gasteiger partial charge >= 0.3 is 0 Å². The third-order valence-corrected chi connectivity index (χ3v) is 2.56. The lowest BCUT2D eigenvalue weighted by molar-refractivity contribution is 0.0656. The Labute approximate surface area is 88.6 Å². The van der Waals surface area contributed by atoms with Crippen LogP contribution >= 0.6 is 0 Å². The molecule has 86 valence electrons. The second-order valence-corrected chi connectivity index (χ2v) is 4.20. The van der Waals surface area contributed by atoms with Gasteiger partial charge in [0.05, 0.1) is 6.61 Å². The first kappa shape index (κ1) is 13.9. The Morgan fingerprint density at radius 3 is 2.29 bits per heavy atom. The summed E-state index contributed by atoms with van der Waals surface area (Å²) in [5.74, 6) is 0. The van der Waals surface area contributed by atoms with Gasteiger partial charge in [0, 0.05) is 25.2 Å². The summed E-state index contributed by atoms with van der Waals surface area (Å²) in [7, 11) is 0. The van der Waals surface area contributed by atoms with E-state index in [-0.39, 0.29) is 5.54 Å². The average Bonchev–Trinajstić information content (AvgIpc) is 2.17. The van der Waals surface area contributed by atoms with Crippen LogP contribution in [0.4, 0.5) is 0 Å². The fourth-order valence-corrected chi connectivity index (χ4v) is 1.44. The number of hydrogen-bond donors (Lipinski definition) is 1. The topological polar surface area (TPSA) is 38.5 Å². The number of ether oxygens (including phenoxy) is 1. The van der Waals surface area contributed by atoms with Crippen LogP contribution in [0.1, 0.15) is 34.1 Å². The standard InChI is InChI=1S/C11H26N2O/c1-5-7-13(8-9-14-6-2)11(3,4)10-12/h5-10,12H2,1-4H3. The maximum absolute atomic E-state index is 5.76. The number of rotatable bonds is 8. The van der Waals surface area contributed by atoms with E-state index in [1.807, 2.05) is 6.92 Å². The van der Waals surface area contributed by atoms with Gasteiger partial charge in [0.15, 0.2) is 0 Å². The molecule has 0 aliphatic rings. The summed E-state index contributed by atoms with van der Waals surface area (Å²) in [4.78, 5) is 2.41. The van der Waals surface area contributed by atoms with E-state index in [1.165, 1.54) is 0 Å². The molecule has 0 saturated carbocycles. The minimum absolute atomic E-state index is 0.0904. The lowest BCUT2D eigenvalue weighted by Crippen LogP contribution is -2.50. The van der Waals surface area contributed by atoms with Crippen molar-refractivity contribution < 1.29 is 4.74 Å². The molecule has 0 heterocycles. The van der Waals surface area contributed by atoms with Crippen molar-refractivity contribution in [2.45, 2.75) is 39.7 Å². The molecule has 0 saturated heterocycles. The van der Waals surface area contributed by atoms with Gasteiger partial charge in [-0.05, 0) is 33.7 Å². The molecule has 0 aromatic carbocycles. The first-order valence-electron chi connectivity index (χ1n) is 5.61. The maximum Gasteiger partial charge on any atom is 0.0593 e. The molecule has 2 N–H and O–H groups in total. The molecular weight excluding hydrogens is 176 g/mol. The van der Waals surface area contributed by atoms with Crippen LogP contribution in [-0.2, 0) is 4.74 Å². The fourth-order valence-electron chi connectivity index (χ4n) is 1.44. The Bertz CT molecular complexity index is 137. The number of nitrogens with two attached hydrogens (primary N) is 1. The number of hydrogen-bond acceptors (Lipinski definition) is 3. The van der Waals surface area contributed by atoms with Gasteiger partial charge in [0.25, 0.3) is 0 Å². The third kappa shape index (κ3) is 4.94. The van der Waals surface area contributed by atoms with Crippen LogP contribution in [0, 0.1) is 0 Å². The normalized spacial score (nSPS) is 12.4.